The van der Waals surface area contributed by atoms with E-state index in [9.17, 15) is 0 Å². The molecule has 16 heavy (non-hydrogen) atoms. The molecule has 0 aliphatic carbocycles. The lowest BCUT2D eigenvalue weighted by Gasteiger charge is -2.28. The highest BCUT2D eigenvalue weighted by molar-refractivity contribution is 6.20. The van der Waals surface area contributed by atoms with Gasteiger partial charge < -0.3 is 4.74 Å². The molecule has 0 atom stereocenters. The van der Waals surface area contributed by atoms with E-state index in [1.807, 2.05) is 30.3 Å². The lowest BCUT2D eigenvalue weighted by molar-refractivity contribution is 0.185. The molecule has 0 radical (unpaired) electrons. The average Bonchev–Trinajstić information content (AvgIpc) is 2.33. The molecular formula is C13H18ClNO. The number of rotatable bonds is 4. The van der Waals surface area contributed by atoms with E-state index in [1.54, 1.807) is 0 Å². The molecule has 88 valence electrons. The topological polar surface area (TPSA) is 12.5 Å². The molecule has 1 saturated heterocycles. The number of hydrogen-bond acceptors (Lipinski definition) is 2. The predicted octanol–water partition coefficient (Wildman–Crippen LogP) is 2.77. The third-order valence-electron chi connectivity index (χ3n) is 2.94. The number of ether oxygens (including phenoxy) is 1. The zero-order chi connectivity index (χ0) is 11.2. The van der Waals surface area contributed by atoms with E-state index in [2.05, 4.69) is 4.90 Å². The summed E-state index contributed by atoms with van der Waals surface area (Å²) in [5.74, 6) is 0.953. The van der Waals surface area contributed by atoms with Crippen LogP contribution in [-0.4, -0.2) is 36.5 Å². The number of halogens is 1. The van der Waals surface area contributed by atoms with Crippen LogP contribution in [0.15, 0.2) is 30.3 Å². The summed E-state index contributed by atoms with van der Waals surface area (Å²) in [5.41, 5.74) is 0. The molecule has 0 saturated carbocycles. The Morgan fingerprint density at radius 2 is 1.88 bits per heavy atom. The first-order chi connectivity index (χ1) is 7.84. The van der Waals surface area contributed by atoms with E-state index >= 15 is 0 Å². The molecule has 0 aromatic heterocycles. The van der Waals surface area contributed by atoms with Crippen LogP contribution in [0.1, 0.15) is 12.8 Å². The van der Waals surface area contributed by atoms with Gasteiger partial charge in [-0.1, -0.05) is 18.2 Å². The third kappa shape index (κ3) is 3.69. The number of nitrogens with zero attached hydrogens (tertiary/aromatic N) is 1. The Hall–Kier alpha value is -0.730. The van der Waals surface area contributed by atoms with Gasteiger partial charge in [0.25, 0.3) is 0 Å². The SMILES string of the molecule is ClC1CCN(CCOc2ccccc2)CC1. The highest BCUT2D eigenvalue weighted by Gasteiger charge is 2.16. The molecule has 0 bridgehead atoms. The van der Waals surface area contributed by atoms with Gasteiger partial charge in [0.2, 0.25) is 0 Å². The van der Waals surface area contributed by atoms with Crippen LogP contribution in [0.25, 0.3) is 0 Å². The number of benzene rings is 1. The first-order valence-corrected chi connectivity index (χ1v) is 6.32. The van der Waals surface area contributed by atoms with Crippen molar-refractivity contribution in [3.63, 3.8) is 0 Å². The fraction of sp³-hybridized carbons (Fsp3) is 0.538. The Morgan fingerprint density at radius 3 is 2.56 bits per heavy atom. The van der Waals surface area contributed by atoms with Crippen LogP contribution in [0, 0.1) is 0 Å². The van der Waals surface area contributed by atoms with Gasteiger partial charge in [0.1, 0.15) is 12.4 Å². The maximum absolute atomic E-state index is 6.05. The minimum atomic E-state index is 0.381. The molecule has 1 aromatic carbocycles. The van der Waals surface area contributed by atoms with Gasteiger partial charge in [0, 0.05) is 11.9 Å². The number of likely N-dealkylation sites (tertiary alicyclic amines) is 1. The van der Waals surface area contributed by atoms with Crippen LogP contribution in [0.5, 0.6) is 5.75 Å². The maximum Gasteiger partial charge on any atom is 0.119 e. The maximum atomic E-state index is 6.05. The summed E-state index contributed by atoms with van der Waals surface area (Å²) in [7, 11) is 0. The van der Waals surface area contributed by atoms with Gasteiger partial charge in [-0.15, -0.1) is 11.6 Å². The second kappa shape index (κ2) is 6.12. The van der Waals surface area contributed by atoms with E-state index in [0.29, 0.717) is 5.38 Å². The van der Waals surface area contributed by atoms with Crippen molar-refractivity contribution in [2.24, 2.45) is 0 Å². The Kier molecular flexibility index (Phi) is 4.49. The van der Waals surface area contributed by atoms with E-state index in [-0.39, 0.29) is 0 Å². The second-order valence-electron chi connectivity index (χ2n) is 4.18. The standard InChI is InChI=1S/C13H18ClNO/c14-12-6-8-15(9-7-12)10-11-16-13-4-2-1-3-5-13/h1-5,12H,6-11H2. The molecule has 0 unspecified atom stereocenters. The van der Waals surface area contributed by atoms with Crippen LogP contribution in [0.2, 0.25) is 0 Å². The summed E-state index contributed by atoms with van der Waals surface area (Å²) in [6, 6.07) is 9.97. The van der Waals surface area contributed by atoms with Crippen LogP contribution < -0.4 is 4.74 Å². The van der Waals surface area contributed by atoms with E-state index in [1.165, 1.54) is 0 Å². The summed E-state index contributed by atoms with van der Waals surface area (Å²) in [5, 5.41) is 0.381. The molecular weight excluding hydrogens is 222 g/mol. The molecule has 0 N–H and O–H groups in total. The smallest absolute Gasteiger partial charge is 0.119 e. The van der Waals surface area contributed by atoms with Crippen molar-refractivity contribution in [3.05, 3.63) is 30.3 Å². The summed E-state index contributed by atoms with van der Waals surface area (Å²) in [6.45, 7) is 3.97. The number of para-hydroxylation sites is 1. The largest absolute Gasteiger partial charge is 0.492 e. The Bertz CT molecular complexity index is 296. The Morgan fingerprint density at radius 1 is 1.19 bits per heavy atom. The van der Waals surface area contributed by atoms with Gasteiger partial charge in [-0.3, -0.25) is 4.90 Å². The Balaban J connectivity index is 1.65. The predicted molar refractivity (Wildman–Crippen MR) is 67.3 cm³/mol. The van der Waals surface area contributed by atoms with Gasteiger partial charge in [-0.05, 0) is 38.1 Å². The summed E-state index contributed by atoms with van der Waals surface area (Å²) in [6.07, 6.45) is 2.21. The summed E-state index contributed by atoms with van der Waals surface area (Å²) < 4.78 is 5.66. The quantitative estimate of drug-likeness (QED) is 0.750. The molecule has 1 heterocycles. The lowest BCUT2D eigenvalue weighted by atomic mass is 10.1. The molecule has 2 nitrogen and oxygen atoms in total. The van der Waals surface area contributed by atoms with Crippen molar-refractivity contribution < 1.29 is 4.74 Å². The van der Waals surface area contributed by atoms with Gasteiger partial charge in [-0.25, -0.2) is 0 Å². The fourth-order valence-electron chi connectivity index (χ4n) is 1.93. The first kappa shape index (κ1) is 11.7. The second-order valence-corrected chi connectivity index (χ2v) is 4.80. The Labute approximate surface area is 102 Å². The molecule has 2 rings (SSSR count). The van der Waals surface area contributed by atoms with Gasteiger partial charge >= 0.3 is 0 Å². The van der Waals surface area contributed by atoms with Crippen molar-refractivity contribution in [3.8, 4) is 5.75 Å². The monoisotopic (exact) mass is 239 g/mol. The highest BCUT2D eigenvalue weighted by atomic mass is 35.5. The van der Waals surface area contributed by atoms with Crippen molar-refractivity contribution in [1.29, 1.82) is 0 Å². The fourth-order valence-corrected chi connectivity index (χ4v) is 2.13. The van der Waals surface area contributed by atoms with E-state index < -0.39 is 0 Å². The zero-order valence-electron chi connectivity index (χ0n) is 9.44. The minimum Gasteiger partial charge on any atom is -0.492 e. The van der Waals surface area contributed by atoms with Crippen LogP contribution in [0.4, 0.5) is 0 Å². The summed E-state index contributed by atoms with van der Waals surface area (Å²) >= 11 is 6.05. The van der Waals surface area contributed by atoms with Crippen molar-refractivity contribution >= 4 is 11.6 Å². The highest BCUT2D eigenvalue weighted by Crippen LogP contribution is 2.15. The van der Waals surface area contributed by atoms with Crippen LogP contribution in [0.3, 0.4) is 0 Å². The summed E-state index contributed by atoms with van der Waals surface area (Å²) in [4.78, 5) is 2.42. The van der Waals surface area contributed by atoms with Crippen LogP contribution >= 0.6 is 11.6 Å². The van der Waals surface area contributed by atoms with Crippen molar-refractivity contribution in [1.82, 2.24) is 4.90 Å². The number of piperidine rings is 1. The molecule has 1 aliphatic rings. The number of hydrogen-bond donors (Lipinski definition) is 0. The molecule has 1 aliphatic heterocycles. The molecule has 3 heteroatoms. The molecule has 0 amide bonds. The third-order valence-corrected chi connectivity index (χ3v) is 3.37. The molecule has 0 spiro atoms. The van der Waals surface area contributed by atoms with E-state index in [0.717, 1.165) is 44.8 Å². The van der Waals surface area contributed by atoms with Gasteiger partial charge in [-0.2, -0.15) is 0 Å². The number of alkyl halides is 1. The molecule has 1 aromatic rings. The van der Waals surface area contributed by atoms with Crippen LogP contribution in [-0.2, 0) is 0 Å². The van der Waals surface area contributed by atoms with E-state index in [4.69, 9.17) is 16.3 Å². The average molecular weight is 240 g/mol. The van der Waals surface area contributed by atoms with Crippen molar-refractivity contribution in [2.75, 3.05) is 26.2 Å². The van der Waals surface area contributed by atoms with Crippen molar-refractivity contribution in [2.45, 2.75) is 18.2 Å². The first-order valence-electron chi connectivity index (χ1n) is 5.89. The molecule has 1 fully saturated rings. The normalized spacial score (nSPS) is 18.6. The van der Waals surface area contributed by atoms with Gasteiger partial charge in [0.15, 0.2) is 0 Å². The lowest BCUT2D eigenvalue weighted by Crippen LogP contribution is -2.36. The minimum absolute atomic E-state index is 0.381. The zero-order valence-corrected chi connectivity index (χ0v) is 10.2. The van der Waals surface area contributed by atoms with Gasteiger partial charge in [0.05, 0.1) is 0 Å².